The van der Waals surface area contributed by atoms with E-state index in [1.807, 2.05) is 0 Å². The predicted octanol–water partition coefficient (Wildman–Crippen LogP) is 2.18. The predicted molar refractivity (Wildman–Crippen MR) is 133 cm³/mol. The summed E-state index contributed by atoms with van der Waals surface area (Å²) in [6.07, 6.45) is -9.99. The number of hydrogen-bond acceptors (Lipinski definition) is 10. The van der Waals surface area contributed by atoms with Gasteiger partial charge in [0, 0.05) is 32.3 Å². The van der Waals surface area contributed by atoms with Gasteiger partial charge in [0.2, 0.25) is 0 Å². The van der Waals surface area contributed by atoms with E-state index in [0.717, 1.165) is 11.6 Å². The number of benzene rings is 1. The molecule has 2 aromatic heterocycles. The van der Waals surface area contributed by atoms with Crippen LogP contribution in [0.5, 0.6) is 0 Å². The highest BCUT2D eigenvalue weighted by atomic mass is 32.2. The largest absolute Gasteiger partial charge is 0.394 e. The van der Waals surface area contributed by atoms with Gasteiger partial charge in [-0.3, -0.25) is 0 Å². The Hall–Kier alpha value is -2.38. The van der Waals surface area contributed by atoms with Gasteiger partial charge in [-0.1, -0.05) is 36.0 Å². The number of nitrogens with one attached hydrogen (secondary N) is 1. The number of aliphatic hydroxyl groups excluding tert-OH is 3. The molecule has 2 aliphatic rings. The molecule has 3 aromatic rings. The Kier molecular flexibility index (Phi) is 4.25. The summed E-state index contributed by atoms with van der Waals surface area (Å²) >= 11 is 0.227. The number of aromatic nitrogens is 5. The number of anilines is 1. The highest BCUT2D eigenvalue weighted by Gasteiger charge is 2.45. The first-order chi connectivity index (χ1) is 21.9. The molecule has 1 aromatic carbocycles. The molecule has 4 N–H and O–H groups in total. The fourth-order valence-electron chi connectivity index (χ4n) is 3.90. The molecule has 0 spiro atoms. The van der Waals surface area contributed by atoms with E-state index in [2.05, 4.69) is 25.6 Å². The van der Waals surface area contributed by atoms with Crippen molar-refractivity contribution < 1.29 is 40.9 Å². The standard InChI is InChI=1S/C24H31FN6O4S/c1-3-8-36-24-27-22(26-16-10-14(16)13-5-4-12(2)15(25)9-13)19-23(28-24)31(30-29-19)17-11-18(35-7-6-32)21(34)20(17)33/h4-5,9,14,16-18,20-21,32-34H,3,6-8,10-11H2,1-2H3,(H,26,27,28)/t14-,16+,17+,18-,20-,21+/m0/s1/i3D2,4D,5D,7D2,8D2,9D,10D2,16D. The Balaban J connectivity index is 1.61. The van der Waals surface area contributed by atoms with Crippen molar-refractivity contribution in [3.63, 3.8) is 0 Å². The van der Waals surface area contributed by atoms with Crippen molar-refractivity contribution in [2.75, 3.05) is 24.2 Å². The first-order valence-corrected chi connectivity index (χ1v) is 11.7. The molecule has 5 rings (SSSR count). The third-order valence-electron chi connectivity index (χ3n) is 5.77. The molecule has 194 valence electrons. The maximum Gasteiger partial charge on any atom is 0.191 e. The average molecular weight is 531 g/mol. The second kappa shape index (κ2) is 10.5. The van der Waals surface area contributed by atoms with Gasteiger partial charge in [-0.05, 0) is 36.8 Å². The van der Waals surface area contributed by atoms with E-state index in [1.165, 1.54) is 6.92 Å². The maximum atomic E-state index is 14.8. The van der Waals surface area contributed by atoms with Gasteiger partial charge in [0.15, 0.2) is 22.1 Å². The molecule has 0 bridgehead atoms. The molecule has 12 heteroatoms. The van der Waals surface area contributed by atoms with E-state index in [-0.39, 0.29) is 34.9 Å². The van der Waals surface area contributed by atoms with Crippen molar-refractivity contribution in [2.24, 2.45) is 0 Å². The molecule has 36 heavy (non-hydrogen) atoms. The second-order valence-electron chi connectivity index (χ2n) is 8.10. The zero-order valence-electron chi connectivity index (χ0n) is 31.1. The van der Waals surface area contributed by atoms with Crippen LogP contribution in [0.2, 0.25) is 0 Å². The quantitative estimate of drug-likeness (QED) is 0.228. The summed E-state index contributed by atoms with van der Waals surface area (Å²) in [5.41, 5.74) is -4.01. The number of thioether (sulfide) groups is 1. The summed E-state index contributed by atoms with van der Waals surface area (Å²) in [5.74, 6) is -3.26. The van der Waals surface area contributed by atoms with Crippen molar-refractivity contribution >= 4 is 28.7 Å². The molecular weight excluding hydrogens is 487 g/mol. The van der Waals surface area contributed by atoms with E-state index in [0.29, 0.717) is 0 Å². The monoisotopic (exact) mass is 530 g/mol. The molecule has 0 saturated heterocycles. The van der Waals surface area contributed by atoms with Crippen LogP contribution >= 0.6 is 11.8 Å². The van der Waals surface area contributed by atoms with E-state index in [4.69, 9.17) is 21.2 Å². The van der Waals surface area contributed by atoms with Crippen LogP contribution in [0, 0.1) is 12.7 Å². The molecule has 6 atom stereocenters. The molecule has 10 nitrogen and oxygen atoms in total. The smallest absolute Gasteiger partial charge is 0.191 e. The number of nitrogens with zero attached hydrogens (tertiary/aromatic N) is 5. The first kappa shape index (κ1) is 14.5. The van der Waals surface area contributed by atoms with Gasteiger partial charge in [0.1, 0.15) is 18.0 Å². The zero-order chi connectivity index (χ0) is 36.1. The third-order valence-corrected chi connectivity index (χ3v) is 6.44. The van der Waals surface area contributed by atoms with Crippen molar-refractivity contribution in [1.29, 1.82) is 0 Å². The highest BCUT2D eigenvalue weighted by molar-refractivity contribution is 7.99. The van der Waals surface area contributed by atoms with Crippen molar-refractivity contribution in [3.05, 3.63) is 35.1 Å². The van der Waals surface area contributed by atoms with Crippen LogP contribution in [0.4, 0.5) is 10.2 Å². The normalized spacial score (nSPS) is 37.1. The Morgan fingerprint density at radius 2 is 2.22 bits per heavy atom. The highest BCUT2D eigenvalue weighted by Crippen LogP contribution is 2.44. The van der Waals surface area contributed by atoms with Crippen LogP contribution in [0.25, 0.3) is 11.2 Å². The Bertz CT molecular complexity index is 1740. The molecule has 2 aliphatic carbocycles. The van der Waals surface area contributed by atoms with Gasteiger partial charge in [0.25, 0.3) is 0 Å². The fraction of sp³-hybridized carbons (Fsp3) is 0.583. The Morgan fingerprint density at radius 3 is 3.00 bits per heavy atom. The molecule has 2 heterocycles. The summed E-state index contributed by atoms with van der Waals surface area (Å²) in [4.78, 5) is 8.42. The second-order valence-corrected chi connectivity index (χ2v) is 8.88. The van der Waals surface area contributed by atoms with Gasteiger partial charge in [-0.2, -0.15) is 0 Å². The molecule has 0 aliphatic heterocycles. The molecule has 0 amide bonds. The van der Waals surface area contributed by atoms with E-state index < -0.39 is 108 Å². The maximum absolute atomic E-state index is 14.8. The molecule has 2 saturated carbocycles. The summed E-state index contributed by atoms with van der Waals surface area (Å²) in [7, 11) is 0. The lowest BCUT2D eigenvalue weighted by Gasteiger charge is -2.17. The number of aliphatic hydroxyl groups is 3. The average Bonchev–Trinajstić information content (AvgIpc) is 3.28. The lowest BCUT2D eigenvalue weighted by Crippen LogP contribution is -2.33. The lowest BCUT2D eigenvalue weighted by atomic mass is 10.1. The van der Waals surface area contributed by atoms with Gasteiger partial charge in [-0.15, -0.1) is 5.10 Å². The first-order valence-electron chi connectivity index (χ1n) is 16.9. The number of fused-ring (bicyclic) bond motifs is 1. The summed E-state index contributed by atoms with van der Waals surface area (Å²) < 4.78 is 119. The fourth-order valence-corrected chi connectivity index (χ4v) is 4.37. The molecular formula is C24H31FN6O4S. The van der Waals surface area contributed by atoms with Crippen molar-refractivity contribution in [1.82, 2.24) is 25.0 Å². The van der Waals surface area contributed by atoms with Crippen LogP contribution in [0.15, 0.2) is 23.3 Å². The topological polar surface area (TPSA) is 138 Å². The minimum absolute atomic E-state index is 0.227. The van der Waals surface area contributed by atoms with Gasteiger partial charge < -0.3 is 25.4 Å². The van der Waals surface area contributed by atoms with Gasteiger partial charge >= 0.3 is 0 Å². The number of hydrogen-bond donors (Lipinski definition) is 4. The van der Waals surface area contributed by atoms with Crippen molar-refractivity contribution in [2.45, 2.75) is 74.5 Å². The SMILES string of the molecule is [2H]c1c([2H])c([C@@H]2C([2H])([2H])[C@@]2([2H])Nc2nc(SC([2H])([2H])C([2H])([2H])C)nc3c2nnn3[C@@H]2C[C@H](OC([2H])([2H])CO)[C@@H](O)[C@H]2O)c([2H])c(F)c1C. The number of ether oxygens (including phenoxy) is 1. The van der Waals surface area contributed by atoms with Crippen LogP contribution in [-0.2, 0) is 4.74 Å². The summed E-state index contributed by atoms with van der Waals surface area (Å²) in [6.45, 7) is -1.45. The van der Waals surface area contributed by atoms with Crippen molar-refractivity contribution in [3.8, 4) is 0 Å². The van der Waals surface area contributed by atoms with E-state index >= 15 is 0 Å². The number of halogens is 1. The summed E-state index contributed by atoms with van der Waals surface area (Å²) in [6, 6.07) is -5.75. The zero-order valence-corrected chi connectivity index (χ0v) is 19.9. The minimum atomic E-state index is -2.66. The molecule has 2 fully saturated rings. The third kappa shape index (κ3) is 4.92. The lowest BCUT2D eigenvalue weighted by molar-refractivity contribution is -0.0629. The van der Waals surface area contributed by atoms with Crippen LogP contribution in [0.3, 0.4) is 0 Å². The molecule has 0 radical (unpaired) electrons. The van der Waals surface area contributed by atoms with E-state index in [1.54, 1.807) is 0 Å². The summed E-state index contributed by atoms with van der Waals surface area (Å²) in [5, 5.41) is 40.8. The minimum Gasteiger partial charge on any atom is -0.394 e. The Labute approximate surface area is 229 Å². The molecule has 0 unspecified atom stereocenters. The van der Waals surface area contributed by atoms with Crippen LogP contribution in [-0.4, -0.2) is 83.5 Å². The van der Waals surface area contributed by atoms with Crippen LogP contribution < -0.4 is 5.32 Å². The number of rotatable bonds is 10. The van der Waals surface area contributed by atoms with Gasteiger partial charge in [0.05, 0.1) is 33.5 Å². The van der Waals surface area contributed by atoms with Gasteiger partial charge in [-0.25, -0.2) is 19.0 Å². The van der Waals surface area contributed by atoms with E-state index in [9.17, 15) is 19.7 Å². The van der Waals surface area contributed by atoms with Crippen LogP contribution in [0.1, 0.15) is 65.6 Å². The Morgan fingerprint density at radius 1 is 1.39 bits per heavy atom.